The smallest absolute Gasteiger partial charge is 0.313 e. The number of thioether (sulfide) groups is 1. The van der Waals surface area contributed by atoms with E-state index in [0.29, 0.717) is 5.16 Å². The van der Waals surface area contributed by atoms with Crippen LogP contribution < -0.4 is 4.90 Å². The Labute approximate surface area is 115 Å². The van der Waals surface area contributed by atoms with Gasteiger partial charge in [0.05, 0.1) is 11.9 Å². The van der Waals surface area contributed by atoms with Gasteiger partial charge in [-0.25, -0.2) is 0 Å². The van der Waals surface area contributed by atoms with Gasteiger partial charge in [0.2, 0.25) is 5.95 Å². The van der Waals surface area contributed by atoms with E-state index in [0.717, 1.165) is 31.9 Å². The third-order valence-electron chi connectivity index (χ3n) is 2.98. The van der Waals surface area contributed by atoms with Crippen LogP contribution in [0.1, 0.15) is 12.8 Å². The minimum absolute atomic E-state index is 0.0125. The first kappa shape index (κ1) is 14.1. The molecule has 1 fully saturated rings. The maximum absolute atomic E-state index is 10.5. The second-order valence-corrected chi connectivity index (χ2v) is 5.48. The number of carboxylic acid groups (broad SMARTS) is 1. The first-order chi connectivity index (χ1) is 9.08. The number of carboxylic acids is 1. The molecule has 1 aliphatic heterocycles. The molecule has 8 heteroatoms. The third-order valence-corrected chi connectivity index (χ3v) is 3.98. The molecule has 7 nitrogen and oxygen atoms in total. The zero-order chi connectivity index (χ0) is 13.8. The van der Waals surface area contributed by atoms with Crippen LogP contribution in [0.2, 0.25) is 0 Å². The summed E-state index contributed by atoms with van der Waals surface area (Å²) in [6, 6.07) is 0. The summed E-state index contributed by atoms with van der Waals surface area (Å²) in [5.74, 6) is -0.146. The molecule has 0 saturated carbocycles. The van der Waals surface area contributed by atoms with Crippen LogP contribution in [0.3, 0.4) is 0 Å². The van der Waals surface area contributed by atoms with Crippen molar-refractivity contribution in [3.05, 3.63) is 0 Å². The van der Waals surface area contributed by atoms with E-state index >= 15 is 0 Å². The van der Waals surface area contributed by atoms with Crippen LogP contribution >= 0.6 is 11.8 Å². The van der Waals surface area contributed by atoms with E-state index in [-0.39, 0.29) is 11.9 Å². The molecule has 0 spiro atoms. The van der Waals surface area contributed by atoms with Crippen molar-refractivity contribution in [3.8, 4) is 0 Å². The van der Waals surface area contributed by atoms with E-state index < -0.39 is 5.97 Å². The van der Waals surface area contributed by atoms with Gasteiger partial charge in [-0.15, -0.1) is 10.2 Å². The SMILES string of the molecule is CN(CC1CCCO1)c1nnc(SCC(=O)O)n1C. The quantitative estimate of drug-likeness (QED) is 0.767. The van der Waals surface area contributed by atoms with Gasteiger partial charge < -0.3 is 14.7 Å². The van der Waals surface area contributed by atoms with Crippen molar-refractivity contribution in [2.24, 2.45) is 7.05 Å². The highest BCUT2D eigenvalue weighted by atomic mass is 32.2. The molecule has 2 heterocycles. The van der Waals surface area contributed by atoms with Crippen molar-refractivity contribution in [3.63, 3.8) is 0 Å². The third kappa shape index (κ3) is 3.60. The molecule has 1 aromatic heterocycles. The number of ether oxygens (including phenoxy) is 1. The van der Waals surface area contributed by atoms with Crippen LogP contribution in [0.5, 0.6) is 0 Å². The fraction of sp³-hybridized carbons (Fsp3) is 0.727. The highest BCUT2D eigenvalue weighted by molar-refractivity contribution is 7.99. The van der Waals surface area contributed by atoms with Crippen molar-refractivity contribution in [1.29, 1.82) is 0 Å². The predicted octanol–water partition coefficient (Wildman–Crippen LogP) is 0.607. The van der Waals surface area contributed by atoms with Gasteiger partial charge in [0, 0.05) is 27.2 Å². The minimum atomic E-state index is -0.859. The molecule has 106 valence electrons. The van der Waals surface area contributed by atoms with Crippen molar-refractivity contribution in [1.82, 2.24) is 14.8 Å². The number of nitrogens with zero attached hydrogens (tertiary/aromatic N) is 4. The lowest BCUT2D eigenvalue weighted by molar-refractivity contribution is -0.133. The number of aromatic nitrogens is 3. The Morgan fingerprint density at radius 3 is 3.05 bits per heavy atom. The highest BCUT2D eigenvalue weighted by Crippen LogP contribution is 2.21. The fourth-order valence-electron chi connectivity index (χ4n) is 2.07. The summed E-state index contributed by atoms with van der Waals surface area (Å²) in [6.45, 7) is 1.60. The normalized spacial score (nSPS) is 18.7. The molecule has 0 aromatic carbocycles. The lowest BCUT2D eigenvalue weighted by Crippen LogP contribution is -2.30. The van der Waals surface area contributed by atoms with Gasteiger partial charge in [0.15, 0.2) is 5.16 Å². The molecular formula is C11H18N4O3S. The van der Waals surface area contributed by atoms with Crippen LogP contribution in [0.25, 0.3) is 0 Å². The van der Waals surface area contributed by atoms with Crippen LogP contribution in [-0.2, 0) is 16.6 Å². The number of carbonyl (C=O) groups is 1. The molecule has 19 heavy (non-hydrogen) atoms. The van der Waals surface area contributed by atoms with E-state index in [4.69, 9.17) is 9.84 Å². The summed E-state index contributed by atoms with van der Waals surface area (Å²) in [6.07, 6.45) is 2.43. The van der Waals surface area contributed by atoms with Crippen LogP contribution in [0, 0.1) is 0 Å². The zero-order valence-corrected chi connectivity index (χ0v) is 11.9. The molecule has 2 rings (SSSR count). The largest absolute Gasteiger partial charge is 0.481 e. The standard InChI is InChI=1S/C11H18N4O3S/c1-14(6-8-4-3-5-18-8)10-12-13-11(15(10)2)19-7-9(16)17/h8H,3-7H2,1-2H3,(H,16,17). The Morgan fingerprint density at radius 2 is 2.42 bits per heavy atom. The van der Waals surface area contributed by atoms with E-state index in [1.807, 2.05) is 23.6 Å². The molecule has 1 N–H and O–H groups in total. The summed E-state index contributed by atoms with van der Waals surface area (Å²) < 4.78 is 7.40. The van der Waals surface area contributed by atoms with Gasteiger partial charge in [-0.2, -0.15) is 0 Å². The van der Waals surface area contributed by atoms with Crippen molar-refractivity contribution in [2.45, 2.75) is 24.1 Å². The molecule has 1 aliphatic rings. The molecule has 1 aromatic rings. The molecule has 1 unspecified atom stereocenters. The predicted molar refractivity (Wildman–Crippen MR) is 71.6 cm³/mol. The number of hydrogen-bond acceptors (Lipinski definition) is 6. The first-order valence-electron chi connectivity index (χ1n) is 6.14. The first-order valence-corrected chi connectivity index (χ1v) is 7.13. The van der Waals surface area contributed by atoms with Crippen LogP contribution in [0.4, 0.5) is 5.95 Å². The molecular weight excluding hydrogens is 268 g/mol. The topological polar surface area (TPSA) is 80.5 Å². The molecule has 1 saturated heterocycles. The highest BCUT2D eigenvalue weighted by Gasteiger charge is 2.20. The Hall–Kier alpha value is -1.28. The van der Waals surface area contributed by atoms with E-state index in [9.17, 15) is 4.79 Å². The summed E-state index contributed by atoms with van der Waals surface area (Å²) in [7, 11) is 3.78. The summed E-state index contributed by atoms with van der Waals surface area (Å²) in [5, 5.41) is 17.4. The van der Waals surface area contributed by atoms with Gasteiger partial charge in [-0.05, 0) is 12.8 Å². The fourth-order valence-corrected chi connectivity index (χ4v) is 2.69. The lowest BCUT2D eigenvalue weighted by Gasteiger charge is -2.21. The van der Waals surface area contributed by atoms with E-state index in [1.165, 1.54) is 11.8 Å². The number of aliphatic carboxylic acids is 1. The maximum atomic E-state index is 10.5. The Balaban J connectivity index is 1.97. The molecule has 0 aliphatic carbocycles. The number of rotatable bonds is 6. The average Bonchev–Trinajstić information content (AvgIpc) is 2.96. The van der Waals surface area contributed by atoms with Crippen LogP contribution in [-0.4, -0.2) is 57.9 Å². The molecule has 0 radical (unpaired) electrons. The van der Waals surface area contributed by atoms with Crippen LogP contribution in [0.15, 0.2) is 5.16 Å². The van der Waals surface area contributed by atoms with Crippen molar-refractivity contribution in [2.75, 3.05) is 30.9 Å². The molecule has 0 bridgehead atoms. The summed E-state index contributed by atoms with van der Waals surface area (Å²) >= 11 is 1.17. The minimum Gasteiger partial charge on any atom is -0.481 e. The Bertz CT molecular complexity index is 445. The Kier molecular flexibility index (Phi) is 4.65. The number of anilines is 1. The zero-order valence-electron chi connectivity index (χ0n) is 11.1. The van der Waals surface area contributed by atoms with Gasteiger partial charge in [0.1, 0.15) is 0 Å². The lowest BCUT2D eigenvalue weighted by atomic mass is 10.2. The summed E-state index contributed by atoms with van der Waals surface area (Å²) in [4.78, 5) is 12.5. The number of hydrogen-bond donors (Lipinski definition) is 1. The number of likely N-dealkylation sites (N-methyl/N-ethyl adjacent to an activating group) is 1. The molecule has 0 amide bonds. The molecule has 1 atom stereocenters. The van der Waals surface area contributed by atoms with Gasteiger partial charge >= 0.3 is 5.97 Å². The van der Waals surface area contributed by atoms with Gasteiger partial charge in [0.25, 0.3) is 0 Å². The van der Waals surface area contributed by atoms with E-state index in [2.05, 4.69) is 10.2 Å². The monoisotopic (exact) mass is 286 g/mol. The summed E-state index contributed by atoms with van der Waals surface area (Å²) in [5.41, 5.74) is 0. The van der Waals surface area contributed by atoms with Crippen molar-refractivity contribution < 1.29 is 14.6 Å². The second kappa shape index (κ2) is 6.25. The van der Waals surface area contributed by atoms with Gasteiger partial charge in [-0.1, -0.05) is 11.8 Å². The van der Waals surface area contributed by atoms with Gasteiger partial charge in [-0.3, -0.25) is 9.36 Å². The second-order valence-electron chi connectivity index (χ2n) is 4.54. The maximum Gasteiger partial charge on any atom is 0.313 e. The van der Waals surface area contributed by atoms with Crippen molar-refractivity contribution >= 4 is 23.7 Å². The van der Waals surface area contributed by atoms with E-state index in [1.54, 1.807) is 0 Å². The average molecular weight is 286 g/mol. The Morgan fingerprint density at radius 1 is 1.63 bits per heavy atom.